The van der Waals surface area contributed by atoms with E-state index in [1.54, 1.807) is 0 Å². The van der Waals surface area contributed by atoms with Crippen LogP contribution < -0.4 is 5.73 Å². The first-order chi connectivity index (χ1) is 12.5. The van der Waals surface area contributed by atoms with Gasteiger partial charge < -0.3 is 15.7 Å². The van der Waals surface area contributed by atoms with E-state index in [9.17, 15) is 36.3 Å². The second-order valence-corrected chi connectivity index (χ2v) is 7.76. The Morgan fingerprint density at radius 2 is 1.78 bits per heavy atom. The minimum Gasteiger partial charge on any atom is -0.480 e. The lowest BCUT2D eigenvalue weighted by molar-refractivity contribution is -0.145. The first-order valence-electron chi connectivity index (χ1n) is 7.88. The molecule has 0 aliphatic carbocycles. The summed E-state index contributed by atoms with van der Waals surface area (Å²) in [6.45, 7) is -0.631. The highest BCUT2D eigenvalue weighted by Gasteiger charge is 2.41. The van der Waals surface area contributed by atoms with Gasteiger partial charge in [-0.3, -0.25) is 9.59 Å². The second kappa shape index (κ2) is 7.82. The molecule has 1 heterocycles. The molecule has 0 aromatic heterocycles. The first-order valence-corrected chi connectivity index (χ1v) is 9.32. The van der Waals surface area contributed by atoms with Gasteiger partial charge in [-0.25, -0.2) is 8.42 Å². The van der Waals surface area contributed by atoms with E-state index in [2.05, 4.69) is 0 Å². The molecular weight excluding hydrogens is 391 g/mol. The number of aliphatic carboxylic acids is 1. The summed E-state index contributed by atoms with van der Waals surface area (Å²) < 4.78 is 64.0. The van der Waals surface area contributed by atoms with E-state index in [1.807, 2.05) is 0 Å². The molecule has 1 aromatic rings. The Balaban J connectivity index is 2.29. The van der Waals surface area contributed by atoms with E-state index < -0.39 is 44.6 Å². The summed E-state index contributed by atoms with van der Waals surface area (Å²) in [5.74, 6) is -1.86. The molecule has 0 unspecified atom stereocenters. The van der Waals surface area contributed by atoms with Crippen LogP contribution in [-0.4, -0.2) is 66.8 Å². The molecule has 0 spiro atoms. The number of amides is 1. The molecule has 1 aliphatic rings. The van der Waals surface area contributed by atoms with E-state index in [4.69, 9.17) is 5.73 Å². The fourth-order valence-corrected chi connectivity index (χ4v) is 4.28. The molecule has 1 amide bonds. The molecule has 0 radical (unpaired) electrons. The smallest absolute Gasteiger partial charge is 0.416 e. The zero-order valence-electron chi connectivity index (χ0n) is 14.0. The lowest BCUT2D eigenvalue weighted by Gasteiger charge is -2.38. The van der Waals surface area contributed by atoms with Gasteiger partial charge in [-0.15, -0.1) is 0 Å². The number of hydrogen-bond acceptors (Lipinski definition) is 5. The van der Waals surface area contributed by atoms with Crippen LogP contribution in [-0.2, 0) is 25.8 Å². The molecule has 2 rings (SSSR count). The van der Waals surface area contributed by atoms with Crippen molar-refractivity contribution in [1.82, 2.24) is 9.21 Å². The number of alkyl halides is 3. The molecular formula is C15H18F3N3O5S. The third-order valence-electron chi connectivity index (χ3n) is 4.12. The van der Waals surface area contributed by atoms with Crippen LogP contribution in [0.3, 0.4) is 0 Å². The van der Waals surface area contributed by atoms with E-state index in [0.29, 0.717) is 16.4 Å². The summed E-state index contributed by atoms with van der Waals surface area (Å²) in [4.78, 5) is 24.2. The number of nitrogens with zero attached hydrogens (tertiary/aromatic N) is 2. The van der Waals surface area contributed by atoms with Gasteiger partial charge in [0.25, 0.3) is 0 Å². The summed E-state index contributed by atoms with van der Waals surface area (Å²) in [7, 11) is -4.36. The minimum atomic E-state index is -4.62. The number of nitrogens with two attached hydrogens (primary N) is 1. The van der Waals surface area contributed by atoms with Crippen molar-refractivity contribution in [1.29, 1.82) is 0 Å². The lowest BCUT2D eigenvalue weighted by Crippen LogP contribution is -2.59. The van der Waals surface area contributed by atoms with Crippen LogP contribution in [0, 0.1) is 0 Å². The van der Waals surface area contributed by atoms with Crippen LogP contribution in [0.1, 0.15) is 12.0 Å². The van der Waals surface area contributed by atoms with Crippen molar-refractivity contribution < 1.29 is 36.3 Å². The van der Waals surface area contributed by atoms with Crippen molar-refractivity contribution in [2.24, 2.45) is 5.73 Å². The average Bonchev–Trinajstić information content (AvgIpc) is 2.60. The van der Waals surface area contributed by atoms with Crippen molar-refractivity contribution in [2.75, 3.05) is 26.2 Å². The van der Waals surface area contributed by atoms with E-state index in [1.165, 1.54) is 4.90 Å². The fraction of sp³-hybridized carbons (Fsp3) is 0.467. The number of halogens is 3. The molecule has 27 heavy (non-hydrogen) atoms. The molecule has 1 aromatic carbocycles. The van der Waals surface area contributed by atoms with Crippen molar-refractivity contribution in [3.05, 3.63) is 29.8 Å². The summed E-state index contributed by atoms with van der Waals surface area (Å²) in [5, 5.41) is 9.38. The third-order valence-corrected chi connectivity index (χ3v) is 6.04. The highest BCUT2D eigenvalue weighted by Crippen LogP contribution is 2.30. The number of benzene rings is 1. The molecule has 12 heteroatoms. The fourth-order valence-electron chi connectivity index (χ4n) is 2.71. The molecule has 0 bridgehead atoms. The Bertz CT molecular complexity index is 811. The van der Waals surface area contributed by atoms with E-state index in [0.717, 1.165) is 12.1 Å². The Hall–Kier alpha value is -2.18. The van der Waals surface area contributed by atoms with Gasteiger partial charge in [-0.1, -0.05) is 0 Å². The number of piperazine rings is 1. The predicted molar refractivity (Wildman–Crippen MR) is 87.0 cm³/mol. The maximum atomic E-state index is 12.7. The minimum absolute atomic E-state index is 0.00199. The molecule has 1 fully saturated rings. The van der Waals surface area contributed by atoms with E-state index in [-0.39, 0.29) is 32.6 Å². The normalized spacial score (nSPS) is 19.1. The van der Waals surface area contributed by atoms with Gasteiger partial charge in [-0.2, -0.15) is 17.5 Å². The molecule has 150 valence electrons. The maximum Gasteiger partial charge on any atom is 0.416 e. The van der Waals surface area contributed by atoms with Crippen LogP contribution in [0.5, 0.6) is 0 Å². The van der Waals surface area contributed by atoms with Crippen molar-refractivity contribution in [3.8, 4) is 0 Å². The highest BCUT2D eigenvalue weighted by atomic mass is 32.2. The molecule has 8 nitrogen and oxygen atoms in total. The Morgan fingerprint density at radius 3 is 2.26 bits per heavy atom. The van der Waals surface area contributed by atoms with Crippen molar-refractivity contribution in [3.63, 3.8) is 0 Å². The number of carboxylic acid groups (broad SMARTS) is 1. The van der Waals surface area contributed by atoms with Crippen LogP contribution in [0.4, 0.5) is 13.2 Å². The first kappa shape index (κ1) is 21.1. The predicted octanol–water partition coefficient (Wildman–Crippen LogP) is 0.340. The number of carbonyl (C=O) groups excluding carboxylic acids is 1. The monoisotopic (exact) mass is 409 g/mol. The number of carboxylic acids is 1. The Labute approximate surface area is 153 Å². The van der Waals surface area contributed by atoms with Crippen LogP contribution in [0.15, 0.2) is 29.2 Å². The maximum absolute atomic E-state index is 12.7. The molecule has 1 aliphatic heterocycles. The van der Waals surface area contributed by atoms with Gasteiger partial charge in [0.15, 0.2) is 0 Å². The van der Waals surface area contributed by atoms with Crippen LogP contribution in [0.25, 0.3) is 0 Å². The molecule has 0 saturated carbocycles. The zero-order valence-corrected chi connectivity index (χ0v) is 14.8. The topological polar surface area (TPSA) is 121 Å². The lowest BCUT2D eigenvalue weighted by atomic mass is 10.2. The third kappa shape index (κ3) is 4.57. The molecule has 3 N–H and O–H groups in total. The zero-order chi connectivity index (χ0) is 20.4. The number of rotatable bonds is 5. The van der Waals surface area contributed by atoms with Crippen LogP contribution in [0.2, 0.25) is 0 Å². The number of carbonyl (C=O) groups is 2. The second-order valence-electron chi connectivity index (χ2n) is 5.87. The number of sulfonamides is 1. The molecule has 1 saturated heterocycles. The standard InChI is InChI=1S/C15H18F3N3O5S/c16-15(17,18)10-1-3-11(4-2-10)27(25,26)21-8-7-20(13(22)5-6-19)9-12(21)14(23)24/h1-4,12H,5-9,19H2,(H,23,24)/t12-/m1/s1. The summed E-state index contributed by atoms with van der Waals surface area (Å²) in [6.07, 6.45) is -4.63. The van der Waals surface area contributed by atoms with Gasteiger partial charge in [-0.05, 0) is 24.3 Å². The largest absolute Gasteiger partial charge is 0.480 e. The van der Waals surface area contributed by atoms with Gasteiger partial charge in [0.1, 0.15) is 6.04 Å². The molecule has 1 atom stereocenters. The Morgan fingerprint density at radius 1 is 1.19 bits per heavy atom. The highest BCUT2D eigenvalue weighted by molar-refractivity contribution is 7.89. The van der Waals surface area contributed by atoms with Crippen LogP contribution >= 0.6 is 0 Å². The average molecular weight is 409 g/mol. The summed E-state index contributed by atoms with van der Waals surface area (Å²) in [5.41, 5.74) is 4.28. The van der Waals surface area contributed by atoms with Gasteiger partial charge in [0.05, 0.1) is 10.5 Å². The van der Waals surface area contributed by atoms with Gasteiger partial charge in [0.2, 0.25) is 15.9 Å². The van der Waals surface area contributed by atoms with Crippen molar-refractivity contribution >= 4 is 21.9 Å². The van der Waals surface area contributed by atoms with Gasteiger partial charge >= 0.3 is 12.1 Å². The van der Waals surface area contributed by atoms with Crippen molar-refractivity contribution in [2.45, 2.75) is 23.5 Å². The summed E-state index contributed by atoms with van der Waals surface area (Å²) in [6, 6.07) is 1.24. The Kier molecular flexibility index (Phi) is 6.12. The summed E-state index contributed by atoms with van der Waals surface area (Å²) >= 11 is 0. The van der Waals surface area contributed by atoms with Gasteiger partial charge in [0, 0.05) is 32.6 Å². The SMILES string of the molecule is NCCC(=O)N1CCN(S(=O)(=O)c2ccc(C(F)(F)F)cc2)[C@@H](C(=O)O)C1. The van der Waals surface area contributed by atoms with E-state index >= 15 is 0 Å². The quantitative estimate of drug-likeness (QED) is 0.724. The number of hydrogen-bond donors (Lipinski definition) is 2.